The van der Waals surface area contributed by atoms with Crippen LogP contribution in [0.1, 0.15) is 57.5 Å². The summed E-state index contributed by atoms with van der Waals surface area (Å²) in [6.45, 7) is 15.5. The Kier molecular flexibility index (Phi) is 19.5. The fraction of sp³-hybridized carbons (Fsp3) is 0.259. The van der Waals surface area contributed by atoms with E-state index in [0.29, 0.717) is 84.0 Å². The van der Waals surface area contributed by atoms with E-state index in [2.05, 4.69) is 28.6 Å². The van der Waals surface area contributed by atoms with Gasteiger partial charge < -0.3 is 48.5 Å². The van der Waals surface area contributed by atoms with E-state index in [4.69, 9.17) is 44.5 Å². The number of nitrogens with one attached hydrogen (secondary N) is 2. The monoisotopic (exact) mass is 978 g/mol. The lowest BCUT2D eigenvalue weighted by Gasteiger charge is -2.17. The highest BCUT2D eigenvalue weighted by Gasteiger charge is 2.51. The highest BCUT2D eigenvalue weighted by molar-refractivity contribution is 6.05. The molecule has 4 aromatic rings. The minimum absolute atomic E-state index is 0.0933. The van der Waals surface area contributed by atoms with Crippen molar-refractivity contribution in [1.29, 1.82) is 5.26 Å². The van der Waals surface area contributed by atoms with E-state index in [-0.39, 0.29) is 49.5 Å². The maximum Gasteiger partial charge on any atom is 0.349 e. The van der Waals surface area contributed by atoms with Crippen LogP contribution in [0.4, 0.5) is 11.4 Å². The molecule has 0 aliphatic carbocycles. The van der Waals surface area contributed by atoms with Crippen molar-refractivity contribution in [3.05, 3.63) is 167 Å². The molecule has 0 spiro atoms. The molecule has 4 aromatic carbocycles. The second-order valence-corrected chi connectivity index (χ2v) is 15.9. The molecule has 72 heavy (non-hydrogen) atoms. The first kappa shape index (κ1) is 52.5. The molecule has 2 saturated heterocycles. The number of nitrogens with zero attached hydrogens (tertiary/aromatic N) is 2. The molecule has 0 radical (unpaired) electrons. The van der Waals surface area contributed by atoms with Gasteiger partial charge >= 0.3 is 23.9 Å². The van der Waals surface area contributed by atoms with Crippen molar-refractivity contribution in [2.24, 2.45) is 0 Å². The summed E-state index contributed by atoms with van der Waals surface area (Å²) >= 11 is 0. The van der Waals surface area contributed by atoms with Gasteiger partial charge in [-0.2, -0.15) is 5.26 Å². The summed E-state index contributed by atoms with van der Waals surface area (Å²) in [6, 6.07) is 28.0. The summed E-state index contributed by atoms with van der Waals surface area (Å²) in [5, 5.41) is 15.4. The van der Waals surface area contributed by atoms with E-state index < -0.39 is 48.3 Å². The van der Waals surface area contributed by atoms with Gasteiger partial charge in [-0.25, -0.2) is 19.2 Å². The van der Waals surface area contributed by atoms with Gasteiger partial charge in [-0.3, -0.25) is 14.4 Å². The quantitative estimate of drug-likeness (QED) is 0.0173. The SMILES string of the molecule is [C-]#[N+]/C(=C\c1ccc(NC(=O)c2ccc(OCCCCOC(=O)C=C)cc2)cc1)C(=O)O[C@H]1CO[C@H]2[C@@H]1OC[C@H]2OC(=O)/C(C#N)=C/c1ccc(NC(=O)c2ccc(OCCCCOC(=O)C=C)cc2)cc1. The maximum absolute atomic E-state index is 13.2. The number of amides is 2. The highest BCUT2D eigenvalue weighted by Crippen LogP contribution is 2.32. The molecule has 6 rings (SSSR count). The number of nitriles is 1. The molecule has 0 aromatic heterocycles. The zero-order valence-electron chi connectivity index (χ0n) is 39.0. The lowest BCUT2D eigenvalue weighted by molar-refractivity contribution is -0.150. The maximum atomic E-state index is 13.2. The van der Waals surface area contributed by atoms with Crippen molar-refractivity contribution in [3.8, 4) is 17.6 Å². The predicted octanol–water partition coefficient (Wildman–Crippen LogP) is 7.46. The lowest BCUT2D eigenvalue weighted by Crippen LogP contribution is -2.36. The second kappa shape index (κ2) is 26.8. The average molecular weight is 979 g/mol. The van der Waals surface area contributed by atoms with Gasteiger partial charge in [0.2, 0.25) is 0 Å². The standard InChI is InChI=1S/C54H50N4O14/c1-4-47(59)67-28-8-6-26-65-42-22-14-37(15-23-42)51(61)57-40-18-10-35(11-19-40)30-39(32-55)53(63)71-45-33-69-50-46(34-70-49(45)50)72-54(64)44(56-3)31-36-12-20-41(21-13-36)58-52(62)38-16-24-43(25-17-38)66-27-7-9-29-68-48(60)5-2/h4-5,10-25,30-31,45-46,49-50H,1-2,6-9,26-29,33-34H2,(H,57,61)(H,58,62)/b39-30+,44-31-/t45-,46+,49-,50-/m1/s1. The number of anilines is 2. The highest BCUT2D eigenvalue weighted by atomic mass is 16.7. The molecule has 0 bridgehead atoms. The molecule has 2 aliphatic heterocycles. The van der Waals surface area contributed by atoms with Crippen LogP contribution in [0.5, 0.6) is 11.5 Å². The Bertz CT molecular complexity index is 2550. The minimum atomic E-state index is -0.922. The number of carbonyl (C=O) groups is 6. The summed E-state index contributed by atoms with van der Waals surface area (Å²) < 4.78 is 44.1. The van der Waals surface area contributed by atoms with Crippen LogP contribution in [0.3, 0.4) is 0 Å². The first-order chi connectivity index (χ1) is 35.0. The van der Waals surface area contributed by atoms with Crippen LogP contribution in [0.25, 0.3) is 17.0 Å². The zero-order valence-corrected chi connectivity index (χ0v) is 39.0. The van der Waals surface area contributed by atoms with Gasteiger partial charge in [0, 0.05) is 34.7 Å². The third-order valence-corrected chi connectivity index (χ3v) is 10.8. The van der Waals surface area contributed by atoms with Crippen molar-refractivity contribution >= 4 is 59.2 Å². The summed E-state index contributed by atoms with van der Waals surface area (Å²) in [4.78, 5) is 77.6. The Balaban J connectivity index is 0.922. The molecule has 0 unspecified atom stereocenters. The van der Waals surface area contributed by atoms with E-state index in [0.717, 1.165) is 12.2 Å². The van der Waals surface area contributed by atoms with E-state index in [1.807, 2.05) is 6.07 Å². The average Bonchev–Trinajstić information content (AvgIpc) is 4.00. The van der Waals surface area contributed by atoms with Crippen LogP contribution < -0.4 is 20.1 Å². The van der Waals surface area contributed by atoms with Crippen LogP contribution in [0, 0.1) is 17.9 Å². The third-order valence-electron chi connectivity index (χ3n) is 10.8. The molecular weight excluding hydrogens is 929 g/mol. The number of hydrogen-bond acceptors (Lipinski definition) is 15. The summed E-state index contributed by atoms with van der Waals surface area (Å²) in [5.74, 6) is -2.35. The molecule has 2 N–H and O–H groups in total. The van der Waals surface area contributed by atoms with Crippen LogP contribution in [0.15, 0.2) is 134 Å². The van der Waals surface area contributed by atoms with Crippen LogP contribution in [-0.2, 0) is 47.6 Å². The van der Waals surface area contributed by atoms with E-state index >= 15 is 0 Å². The van der Waals surface area contributed by atoms with Crippen LogP contribution in [-0.4, -0.2) is 99.7 Å². The topological polar surface area (TPSA) is 228 Å². The van der Waals surface area contributed by atoms with Gasteiger partial charge in [-0.1, -0.05) is 37.4 Å². The van der Waals surface area contributed by atoms with Crippen molar-refractivity contribution in [3.63, 3.8) is 0 Å². The largest absolute Gasteiger partial charge is 0.494 e. The summed E-state index contributed by atoms with van der Waals surface area (Å²) in [5.41, 5.74) is 2.09. The number of fused-ring (bicyclic) bond motifs is 1. The molecular formula is C54H50N4O14. The molecule has 370 valence electrons. The van der Waals surface area contributed by atoms with Gasteiger partial charge in [-0.05, 0) is 122 Å². The first-order valence-electron chi connectivity index (χ1n) is 22.7. The third kappa shape index (κ3) is 15.6. The number of unbranched alkanes of at least 4 members (excludes halogenated alkanes) is 2. The van der Waals surface area contributed by atoms with E-state index in [9.17, 15) is 34.0 Å². The van der Waals surface area contributed by atoms with Crippen LogP contribution in [0.2, 0.25) is 0 Å². The van der Waals surface area contributed by atoms with Crippen LogP contribution >= 0.6 is 0 Å². The van der Waals surface area contributed by atoms with Gasteiger partial charge in [0.05, 0.1) is 46.2 Å². The molecule has 2 heterocycles. The van der Waals surface area contributed by atoms with Gasteiger partial charge in [-0.15, -0.1) is 0 Å². The minimum Gasteiger partial charge on any atom is -0.494 e. The Labute approximate surface area is 415 Å². The molecule has 2 amide bonds. The van der Waals surface area contributed by atoms with E-state index in [1.165, 1.54) is 12.2 Å². The molecule has 0 saturated carbocycles. The molecule has 4 atom stereocenters. The van der Waals surface area contributed by atoms with Crippen molar-refractivity contribution in [2.45, 2.75) is 50.1 Å². The second-order valence-electron chi connectivity index (χ2n) is 15.9. The predicted molar refractivity (Wildman–Crippen MR) is 261 cm³/mol. The van der Waals surface area contributed by atoms with Crippen molar-refractivity contribution in [2.75, 3.05) is 50.3 Å². The number of ether oxygens (including phenoxy) is 8. The smallest absolute Gasteiger partial charge is 0.349 e. The number of hydrogen-bond donors (Lipinski definition) is 2. The Morgan fingerprint density at radius 3 is 1.44 bits per heavy atom. The molecule has 2 fully saturated rings. The summed E-state index contributed by atoms with van der Waals surface area (Å²) in [7, 11) is 0. The van der Waals surface area contributed by atoms with E-state index in [1.54, 1.807) is 97.1 Å². The van der Waals surface area contributed by atoms with Crippen molar-refractivity contribution in [1.82, 2.24) is 0 Å². The van der Waals surface area contributed by atoms with Gasteiger partial charge in [0.25, 0.3) is 17.5 Å². The Morgan fingerprint density at radius 1 is 0.611 bits per heavy atom. The normalized spacial score (nSPS) is 16.9. The van der Waals surface area contributed by atoms with Gasteiger partial charge in [0.15, 0.2) is 12.2 Å². The number of carbonyl (C=O) groups excluding carboxylic acids is 6. The summed E-state index contributed by atoms with van der Waals surface area (Å²) in [6.07, 6.45) is 4.05. The first-order valence-corrected chi connectivity index (χ1v) is 22.7. The fourth-order valence-corrected chi connectivity index (χ4v) is 7.02. The number of benzene rings is 4. The lowest BCUT2D eigenvalue weighted by atomic mass is 10.1. The molecule has 18 nitrogen and oxygen atoms in total. The molecule has 2 aliphatic rings. The number of rotatable bonds is 24. The fourth-order valence-electron chi connectivity index (χ4n) is 7.02. The van der Waals surface area contributed by atoms with Crippen molar-refractivity contribution < 1.29 is 66.7 Å². The van der Waals surface area contributed by atoms with Gasteiger partial charge in [0.1, 0.15) is 35.3 Å². The molecule has 18 heteroatoms. The number of esters is 4. The zero-order chi connectivity index (χ0) is 51.2. The Morgan fingerprint density at radius 2 is 1.03 bits per heavy atom. The Hall–Kier alpha value is -8.84.